The van der Waals surface area contributed by atoms with Crippen LogP contribution in [0, 0.1) is 6.92 Å². The molecule has 2 aliphatic heterocycles. The maximum absolute atomic E-state index is 5.37. The van der Waals surface area contributed by atoms with Gasteiger partial charge in [-0.15, -0.1) is 0 Å². The summed E-state index contributed by atoms with van der Waals surface area (Å²) in [5.74, 6) is 4.06. The molecular formula is C34H31N7O. The van der Waals surface area contributed by atoms with Crippen molar-refractivity contribution < 1.29 is 4.74 Å². The van der Waals surface area contributed by atoms with E-state index < -0.39 is 0 Å². The molecular weight excluding hydrogens is 522 g/mol. The number of rotatable bonds is 5. The summed E-state index contributed by atoms with van der Waals surface area (Å²) in [5, 5.41) is 8.51. The van der Waals surface area contributed by atoms with Crippen molar-refractivity contribution in [3.63, 3.8) is 0 Å². The van der Waals surface area contributed by atoms with E-state index in [2.05, 4.69) is 66.3 Å². The van der Waals surface area contributed by atoms with E-state index in [1.165, 1.54) is 5.56 Å². The molecule has 208 valence electrons. The van der Waals surface area contributed by atoms with Crippen LogP contribution in [0.1, 0.15) is 48.2 Å². The number of methoxy groups -OCH3 is 1. The van der Waals surface area contributed by atoms with Gasteiger partial charge in [0.2, 0.25) is 0 Å². The van der Waals surface area contributed by atoms with Gasteiger partial charge in [0.15, 0.2) is 23.3 Å². The van der Waals surface area contributed by atoms with Gasteiger partial charge in [-0.2, -0.15) is 9.78 Å². The van der Waals surface area contributed by atoms with Gasteiger partial charge in [0.05, 0.1) is 30.2 Å². The Bertz CT molecular complexity index is 1820. The van der Waals surface area contributed by atoms with Crippen molar-refractivity contribution in [2.24, 2.45) is 9.98 Å². The molecule has 1 N–H and O–H groups in total. The van der Waals surface area contributed by atoms with Gasteiger partial charge >= 0.3 is 0 Å². The maximum atomic E-state index is 5.37. The molecule has 8 nitrogen and oxygen atoms in total. The van der Waals surface area contributed by atoms with Crippen LogP contribution in [0.3, 0.4) is 0 Å². The molecule has 0 fully saturated rings. The fraction of sp³-hybridized carbons (Fsp3) is 0.176. The van der Waals surface area contributed by atoms with E-state index in [1.807, 2.05) is 65.3 Å². The number of anilines is 2. The molecule has 1 atom stereocenters. The second kappa shape index (κ2) is 10.3. The first-order valence-corrected chi connectivity index (χ1v) is 14.1. The van der Waals surface area contributed by atoms with Gasteiger partial charge in [0.25, 0.3) is 0 Å². The van der Waals surface area contributed by atoms with Crippen molar-refractivity contribution in [3.8, 4) is 11.6 Å². The summed E-state index contributed by atoms with van der Waals surface area (Å²) in [6.45, 7) is 6.48. The van der Waals surface area contributed by atoms with Gasteiger partial charge in [-0.25, -0.2) is 15.0 Å². The largest absolute Gasteiger partial charge is 0.497 e. The van der Waals surface area contributed by atoms with Crippen molar-refractivity contribution >= 4 is 34.6 Å². The molecule has 42 heavy (non-hydrogen) atoms. The number of fused-ring (bicyclic) bond motifs is 4. The molecule has 0 amide bonds. The van der Waals surface area contributed by atoms with Crippen molar-refractivity contribution in [1.29, 1.82) is 0 Å². The molecule has 0 saturated carbocycles. The lowest BCUT2D eigenvalue weighted by molar-refractivity contribution is 0.415. The predicted molar refractivity (Wildman–Crippen MR) is 168 cm³/mol. The van der Waals surface area contributed by atoms with E-state index in [-0.39, 0.29) is 6.04 Å². The third-order valence-electron chi connectivity index (χ3n) is 7.78. The van der Waals surface area contributed by atoms with E-state index in [0.717, 1.165) is 45.5 Å². The molecule has 0 aliphatic carbocycles. The first kappa shape index (κ1) is 25.7. The topological polar surface area (TPSA) is 79.9 Å². The van der Waals surface area contributed by atoms with Gasteiger partial charge in [-0.3, -0.25) is 0 Å². The van der Waals surface area contributed by atoms with Crippen molar-refractivity contribution in [3.05, 3.63) is 120 Å². The first-order chi connectivity index (χ1) is 20.5. The van der Waals surface area contributed by atoms with Crippen LogP contribution in [0.15, 0.2) is 107 Å². The molecule has 0 unspecified atom stereocenters. The highest BCUT2D eigenvalue weighted by atomic mass is 16.5. The highest BCUT2D eigenvalue weighted by Gasteiger charge is 2.41. The number of hydrogen-bond donors (Lipinski definition) is 1. The number of hydrogen-bond acceptors (Lipinski definition) is 7. The summed E-state index contributed by atoms with van der Waals surface area (Å²) >= 11 is 0. The third-order valence-corrected chi connectivity index (χ3v) is 7.78. The van der Waals surface area contributed by atoms with E-state index in [9.17, 15) is 0 Å². The Morgan fingerprint density at radius 2 is 1.62 bits per heavy atom. The lowest BCUT2D eigenvalue weighted by Crippen LogP contribution is -2.46. The number of pyridine rings is 1. The SMILES string of the molecule is COc1ccc(NC2=Nc3ccccc3N3C2=Nc2c(c(C)nn2-c2ccccn2)[C@@H]3c2ccc(C(C)C)cc2)cc1. The van der Waals surface area contributed by atoms with Crippen LogP contribution in [0.5, 0.6) is 5.75 Å². The van der Waals surface area contributed by atoms with Crippen LogP contribution in [-0.2, 0) is 0 Å². The van der Waals surface area contributed by atoms with Crippen molar-refractivity contribution in [2.75, 3.05) is 17.3 Å². The monoisotopic (exact) mass is 553 g/mol. The summed E-state index contributed by atoms with van der Waals surface area (Å²) in [5.41, 5.74) is 7.14. The molecule has 8 heteroatoms. The molecule has 4 heterocycles. The van der Waals surface area contributed by atoms with Gasteiger partial charge in [0, 0.05) is 17.4 Å². The number of aryl methyl sites for hydroxylation is 1. The normalized spacial score (nSPS) is 15.4. The van der Waals surface area contributed by atoms with Crippen molar-refractivity contribution in [1.82, 2.24) is 14.8 Å². The third kappa shape index (κ3) is 4.32. The zero-order valence-corrected chi connectivity index (χ0v) is 24.0. The zero-order valence-electron chi connectivity index (χ0n) is 24.0. The van der Waals surface area contributed by atoms with Crippen LogP contribution >= 0.6 is 0 Å². The summed E-state index contributed by atoms with van der Waals surface area (Å²) < 4.78 is 7.21. The Balaban J connectivity index is 1.46. The Morgan fingerprint density at radius 1 is 0.857 bits per heavy atom. The number of benzene rings is 3. The quantitative estimate of drug-likeness (QED) is 0.244. The average molecular weight is 554 g/mol. The minimum atomic E-state index is -0.185. The average Bonchev–Trinajstić information content (AvgIpc) is 3.36. The second-order valence-electron chi connectivity index (χ2n) is 10.8. The van der Waals surface area contributed by atoms with Crippen molar-refractivity contribution in [2.45, 2.75) is 32.7 Å². The maximum Gasteiger partial charge on any atom is 0.179 e. The van der Waals surface area contributed by atoms with Crippen LogP contribution in [0.25, 0.3) is 5.82 Å². The number of nitrogens with one attached hydrogen (secondary N) is 1. The van der Waals surface area contributed by atoms with Crippen LogP contribution < -0.4 is 15.0 Å². The van der Waals surface area contributed by atoms with Crippen LogP contribution in [0.2, 0.25) is 0 Å². The van der Waals surface area contributed by atoms with Gasteiger partial charge in [-0.1, -0.05) is 56.3 Å². The van der Waals surface area contributed by atoms with E-state index in [4.69, 9.17) is 19.8 Å². The highest BCUT2D eigenvalue weighted by molar-refractivity contribution is 6.51. The number of aliphatic imine (C=N–C) groups is 2. The Labute approximate surface area is 245 Å². The Hall–Kier alpha value is -5.24. The molecule has 3 aromatic carbocycles. The van der Waals surface area contributed by atoms with Gasteiger partial charge < -0.3 is 15.0 Å². The molecule has 5 aromatic rings. The van der Waals surface area contributed by atoms with Crippen LogP contribution in [0.4, 0.5) is 22.9 Å². The minimum absolute atomic E-state index is 0.185. The Morgan fingerprint density at radius 3 is 2.33 bits per heavy atom. The fourth-order valence-electron chi connectivity index (χ4n) is 5.63. The smallest absolute Gasteiger partial charge is 0.179 e. The molecule has 0 radical (unpaired) electrons. The summed E-state index contributed by atoms with van der Waals surface area (Å²) in [6, 6.07) is 30.6. The number of ether oxygens (including phenoxy) is 1. The van der Waals surface area contributed by atoms with E-state index in [1.54, 1.807) is 13.3 Å². The number of nitrogens with zero attached hydrogens (tertiary/aromatic N) is 6. The second-order valence-corrected chi connectivity index (χ2v) is 10.8. The number of para-hydroxylation sites is 2. The minimum Gasteiger partial charge on any atom is -0.497 e. The molecule has 2 aromatic heterocycles. The molecule has 7 rings (SSSR count). The fourth-order valence-corrected chi connectivity index (χ4v) is 5.63. The molecule has 2 aliphatic rings. The Kier molecular flexibility index (Phi) is 6.31. The zero-order chi connectivity index (χ0) is 28.8. The number of amidine groups is 2. The predicted octanol–water partition coefficient (Wildman–Crippen LogP) is 7.50. The first-order valence-electron chi connectivity index (χ1n) is 14.1. The lowest BCUT2D eigenvalue weighted by Gasteiger charge is -2.40. The standard InChI is InChI=1S/C34H31N7O/c1-21(2)23-12-14-24(15-13-23)31-30-22(3)39-41(29-11-7-8-20-35-29)33(30)38-34-32(36-25-16-18-26(42-4)19-17-25)37-27-9-5-6-10-28(27)40(31)34/h5-21,31H,1-4H3,(H,36,37)/t31-/m0/s1. The number of aromatic nitrogens is 3. The summed E-state index contributed by atoms with van der Waals surface area (Å²) in [7, 11) is 1.66. The summed E-state index contributed by atoms with van der Waals surface area (Å²) in [6.07, 6.45) is 1.78. The van der Waals surface area contributed by atoms with Crippen LogP contribution in [-0.4, -0.2) is 33.5 Å². The molecule has 0 bridgehead atoms. The van der Waals surface area contributed by atoms with E-state index in [0.29, 0.717) is 23.4 Å². The van der Waals surface area contributed by atoms with Gasteiger partial charge in [0.1, 0.15) is 5.75 Å². The molecule has 0 spiro atoms. The summed E-state index contributed by atoms with van der Waals surface area (Å²) in [4.78, 5) is 17.2. The lowest BCUT2D eigenvalue weighted by atomic mass is 9.91. The van der Waals surface area contributed by atoms with E-state index >= 15 is 0 Å². The highest BCUT2D eigenvalue weighted by Crippen LogP contribution is 2.48. The van der Waals surface area contributed by atoms with Gasteiger partial charge in [-0.05, 0) is 72.5 Å². The molecule has 0 saturated heterocycles.